The lowest BCUT2D eigenvalue weighted by atomic mass is 10.2. The van der Waals surface area contributed by atoms with Gasteiger partial charge in [0.1, 0.15) is 5.75 Å². The Kier molecular flexibility index (Phi) is 4.24. The molecule has 0 aromatic heterocycles. The van der Waals surface area contributed by atoms with Crippen molar-refractivity contribution < 1.29 is 14.5 Å². The highest BCUT2D eigenvalue weighted by atomic mass is 16.6. The van der Waals surface area contributed by atoms with Crippen molar-refractivity contribution in [2.75, 3.05) is 0 Å². The van der Waals surface area contributed by atoms with E-state index in [1.165, 1.54) is 30.3 Å². The molecule has 0 N–H and O–H groups in total. The molecule has 0 amide bonds. The van der Waals surface area contributed by atoms with Crippen molar-refractivity contribution in [1.29, 1.82) is 0 Å². The highest BCUT2D eigenvalue weighted by Gasteiger charge is 2.08. The molecule has 0 saturated heterocycles. The molecule has 100 valence electrons. The van der Waals surface area contributed by atoms with Crippen LogP contribution in [0.1, 0.15) is 5.56 Å². The lowest BCUT2D eigenvalue weighted by Gasteiger charge is -2.00. The minimum absolute atomic E-state index is 0.123. The molecule has 2 aromatic rings. The van der Waals surface area contributed by atoms with Crippen molar-refractivity contribution in [2.45, 2.75) is 0 Å². The molecule has 0 aliphatic carbocycles. The molecule has 2 rings (SSSR count). The van der Waals surface area contributed by atoms with E-state index in [1.807, 2.05) is 30.3 Å². The SMILES string of the molecule is O=C(C=Cc1ccccc1)Oc1cccc([N+](=O)[O-])c1. The topological polar surface area (TPSA) is 69.4 Å². The van der Waals surface area contributed by atoms with Crippen molar-refractivity contribution in [3.8, 4) is 5.75 Å². The summed E-state index contributed by atoms with van der Waals surface area (Å²) in [5.41, 5.74) is 0.742. The zero-order valence-corrected chi connectivity index (χ0v) is 10.4. The summed E-state index contributed by atoms with van der Waals surface area (Å²) in [4.78, 5) is 21.6. The molecule has 0 unspecified atom stereocenters. The highest BCUT2D eigenvalue weighted by Crippen LogP contribution is 2.19. The van der Waals surface area contributed by atoms with Gasteiger partial charge in [0.15, 0.2) is 0 Å². The van der Waals surface area contributed by atoms with E-state index in [-0.39, 0.29) is 11.4 Å². The Morgan fingerprint density at radius 2 is 1.85 bits per heavy atom. The van der Waals surface area contributed by atoms with Gasteiger partial charge in [0.25, 0.3) is 5.69 Å². The summed E-state index contributed by atoms with van der Waals surface area (Å²) in [6.45, 7) is 0. The second-order valence-corrected chi connectivity index (χ2v) is 3.92. The second-order valence-electron chi connectivity index (χ2n) is 3.92. The number of non-ortho nitro benzene ring substituents is 1. The van der Waals surface area contributed by atoms with Crippen LogP contribution in [0.2, 0.25) is 0 Å². The third-order valence-corrected chi connectivity index (χ3v) is 2.46. The number of hydrogen-bond acceptors (Lipinski definition) is 4. The molecule has 0 heterocycles. The van der Waals surface area contributed by atoms with Crippen LogP contribution in [0.25, 0.3) is 6.08 Å². The summed E-state index contributed by atoms with van der Waals surface area (Å²) in [6.07, 6.45) is 2.88. The number of carbonyl (C=O) groups excluding carboxylic acids is 1. The van der Waals surface area contributed by atoms with Crippen LogP contribution in [0, 0.1) is 10.1 Å². The number of nitro benzene ring substituents is 1. The van der Waals surface area contributed by atoms with Crippen LogP contribution in [0.3, 0.4) is 0 Å². The first-order valence-electron chi connectivity index (χ1n) is 5.84. The number of ether oxygens (including phenoxy) is 1. The predicted octanol–water partition coefficient (Wildman–Crippen LogP) is 3.21. The summed E-state index contributed by atoms with van der Waals surface area (Å²) < 4.78 is 5.00. The fourth-order valence-corrected chi connectivity index (χ4v) is 1.54. The number of nitro groups is 1. The molecular formula is C15H11NO4. The predicted molar refractivity (Wildman–Crippen MR) is 74.2 cm³/mol. The highest BCUT2D eigenvalue weighted by molar-refractivity contribution is 5.88. The standard InChI is InChI=1S/C15H11NO4/c17-15(10-9-12-5-2-1-3-6-12)20-14-8-4-7-13(11-14)16(18)19/h1-11H. The summed E-state index contributed by atoms with van der Waals surface area (Å²) in [5.74, 6) is -0.448. The maximum Gasteiger partial charge on any atom is 0.336 e. The monoisotopic (exact) mass is 269 g/mol. The van der Waals surface area contributed by atoms with Crippen LogP contribution in [0.5, 0.6) is 5.75 Å². The van der Waals surface area contributed by atoms with Gasteiger partial charge in [0.2, 0.25) is 0 Å². The van der Waals surface area contributed by atoms with E-state index < -0.39 is 10.9 Å². The summed E-state index contributed by atoms with van der Waals surface area (Å²) in [6, 6.07) is 14.7. The van der Waals surface area contributed by atoms with Gasteiger partial charge in [-0.2, -0.15) is 0 Å². The Labute approximate surface area is 115 Å². The molecule has 0 fully saturated rings. The largest absolute Gasteiger partial charge is 0.423 e. The van der Waals surface area contributed by atoms with Crippen molar-refractivity contribution in [2.24, 2.45) is 0 Å². The van der Waals surface area contributed by atoms with E-state index in [9.17, 15) is 14.9 Å². The molecule has 0 radical (unpaired) electrons. The fourth-order valence-electron chi connectivity index (χ4n) is 1.54. The zero-order chi connectivity index (χ0) is 14.4. The lowest BCUT2D eigenvalue weighted by Crippen LogP contribution is -2.03. The van der Waals surface area contributed by atoms with E-state index in [0.29, 0.717) is 0 Å². The lowest BCUT2D eigenvalue weighted by molar-refractivity contribution is -0.384. The van der Waals surface area contributed by atoms with Gasteiger partial charge in [-0.05, 0) is 17.7 Å². The van der Waals surface area contributed by atoms with E-state index in [1.54, 1.807) is 6.08 Å². The summed E-state index contributed by atoms with van der Waals surface area (Å²) in [7, 11) is 0. The van der Waals surface area contributed by atoms with Gasteiger partial charge >= 0.3 is 5.97 Å². The first-order chi connectivity index (χ1) is 9.65. The van der Waals surface area contributed by atoms with Crippen molar-refractivity contribution in [3.05, 3.63) is 76.4 Å². The quantitative estimate of drug-likeness (QED) is 0.281. The minimum Gasteiger partial charge on any atom is -0.423 e. The number of rotatable bonds is 4. The molecule has 0 atom stereocenters. The van der Waals surface area contributed by atoms with Crippen LogP contribution >= 0.6 is 0 Å². The van der Waals surface area contributed by atoms with Gasteiger partial charge in [-0.25, -0.2) is 4.79 Å². The van der Waals surface area contributed by atoms with Gasteiger partial charge in [-0.15, -0.1) is 0 Å². The number of carbonyl (C=O) groups is 1. The Bertz CT molecular complexity index is 650. The molecular weight excluding hydrogens is 258 g/mol. The number of benzene rings is 2. The van der Waals surface area contributed by atoms with Crippen LogP contribution in [0.15, 0.2) is 60.7 Å². The van der Waals surface area contributed by atoms with Gasteiger partial charge in [-0.1, -0.05) is 36.4 Å². The van der Waals surface area contributed by atoms with Crippen molar-refractivity contribution >= 4 is 17.7 Å². The molecule has 0 spiro atoms. The second kappa shape index (κ2) is 6.29. The Hall–Kier alpha value is -2.95. The van der Waals surface area contributed by atoms with Crippen molar-refractivity contribution in [1.82, 2.24) is 0 Å². The van der Waals surface area contributed by atoms with E-state index in [2.05, 4.69) is 0 Å². The Morgan fingerprint density at radius 3 is 2.55 bits per heavy atom. The summed E-state index contributed by atoms with van der Waals surface area (Å²) >= 11 is 0. The average Bonchev–Trinajstić information content (AvgIpc) is 2.46. The van der Waals surface area contributed by atoms with Crippen LogP contribution in [-0.4, -0.2) is 10.9 Å². The van der Waals surface area contributed by atoms with Gasteiger partial charge in [0, 0.05) is 12.1 Å². The molecule has 2 aromatic carbocycles. The molecule has 20 heavy (non-hydrogen) atoms. The zero-order valence-electron chi connectivity index (χ0n) is 10.4. The fraction of sp³-hybridized carbons (Fsp3) is 0. The Morgan fingerprint density at radius 1 is 1.10 bits per heavy atom. The maximum absolute atomic E-state index is 11.6. The van der Waals surface area contributed by atoms with Gasteiger partial charge < -0.3 is 4.74 Å². The third-order valence-electron chi connectivity index (χ3n) is 2.46. The van der Waals surface area contributed by atoms with Gasteiger partial charge in [0.05, 0.1) is 11.0 Å². The average molecular weight is 269 g/mol. The normalized spacial score (nSPS) is 10.4. The van der Waals surface area contributed by atoms with E-state index in [0.717, 1.165) is 5.56 Å². The molecule has 0 aliphatic rings. The molecule has 5 heteroatoms. The first-order valence-corrected chi connectivity index (χ1v) is 5.84. The van der Waals surface area contributed by atoms with E-state index in [4.69, 9.17) is 4.74 Å². The number of hydrogen-bond donors (Lipinski definition) is 0. The third kappa shape index (κ3) is 3.78. The molecule has 0 bridgehead atoms. The van der Waals surface area contributed by atoms with Crippen molar-refractivity contribution in [3.63, 3.8) is 0 Å². The minimum atomic E-state index is -0.589. The van der Waals surface area contributed by atoms with E-state index >= 15 is 0 Å². The van der Waals surface area contributed by atoms with Crippen LogP contribution < -0.4 is 4.74 Å². The molecule has 0 saturated carbocycles. The molecule has 5 nitrogen and oxygen atoms in total. The first kappa shape index (κ1) is 13.5. The van der Waals surface area contributed by atoms with Crippen LogP contribution in [-0.2, 0) is 4.79 Å². The number of nitrogens with zero attached hydrogens (tertiary/aromatic N) is 1. The van der Waals surface area contributed by atoms with Gasteiger partial charge in [-0.3, -0.25) is 10.1 Å². The Balaban J connectivity index is 2.03. The van der Waals surface area contributed by atoms with Crippen LogP contribution in [0.4, 0.5) is 5.69 Å². The maximum atomic E-state index is 11.6. The number of esters is 1. The smallest absolute Gasteiger partial charge is 0.336 e. The summed E-state index contributed by atoms with van der Waals surface area (Å²) in [5, 5.41) is 10.6. The molecule has 0 aliphatic heterocycles.